The number of nitrogens with zero attached hydrogens (tertiary/aromatic N) is 3. The highest BCUT2D eigenvalue weighted by Crippen LogP contribution is 2.16. The zero-order valence-electron chi connectivity index (χ0n) is 12.6. The second kappa shape index (κ2) is 7.65. The van der Waals surface area contributed by atoms with E-state index in [1.54, 1.807) is 12.4 Å². The second-order valence-corrected chi connectivity index (χ2v) is 5.89. The number of anilines is 2. The van der Waals surface area contributed by atoms with E-state index in [9.17, 15) is 4.79 Å². The molecule has 0 radical (unpaired) electrons. The number of rotatable bonds is 5. The molecule has 0 unspecified atom stereocenters. The molecule has 0 fully saturated rings. The molecule has 0 saturated carbocycles. The Bertz CT molecular complexity index is 824. The average Bonchev–Trinajstić information content (AvgIpc) is 2.61. The minimum Gasteiger partial charge on any atom is -0.350 e. The quantitative estimate of drug-likeness (QED) is 0.704. The minimum atomic E-state index is -0.257. The highest BCUT2D eigenvalue weighted by atomic mass is 79.9. The van der Waals surface area contributed by atoms with E-state index in [1.807, 2.05) is 36.4 Å². The first kappa shape index (κ1) is 16.1. The Balaban J connectivity index is 1.60. The molecule has 0 aliphatic rings. The van der Waals surface area contributed by atoms with Crippen LogP contribution in [0.1, 0.15) is 15.9 Å². The fraction of sp³-hybridized carbons (Fsp3) is 0.0588. The average molecular weight is 384 g/mol. The SMILES string of the molecule is O=C(Nc1cccc(Br)c1)c1cnc(NCc2cccnc2)nc1. The van der Waals surface area contributed by atoms with Crippen LogP contribution in [0, 0.1) is 0 Å². The van der Waals surface area contributed by atoms with Crippen LogP contribution in [0.25, 0.3) is 0 Å². The molecular formula is C17H14BrN5O. The predicted molar refractivity (Wildman–Crippen MR) is 95.7 cm³/mol. The van der Waals surface area contributed by atoms with Gasteiger partial charge in [-0.1, -0.05) is 28.1 Å². The molecule has 1 aromatic carbocycles. The molecule has 0 saturated heterocycles. The Morgan fingerprint density at radius 3 is 2.62 bits per heavy atom. The van der Waals surface area contributed by atoms with Crippen LogP contribution in [0.3, 0.4) is 0 Å². The number of nitrogens with one attached hydrogen (secondary N) is 2. The van der Waals surface area contributed by atoms with Gasteiger partial charge in [-0.25, -0.2) is 9.97 Å². The molecule has 1 amide bonds. The van der Waals surface area contributed by atoms with Gasteiger partial charge >= 0.3 is 0 Å². The van der Waals surface area contributed by atoms with Crippen molar-refractivity contribution < 1.29 is 4.79 Å². The van der Waals surface area contributed by atoms with Crippen molar-refractivity contribution in [2.75, 3.05) is 10.6 Å². The third kappa shape index (κ3) is 4.36. The van der Waals surface area contributed by atoms with Crippen molar-refractivity contribution in [3.05, 3.63) is 76.8 Å². The number of benzene rings is 1. The van der Waals surface area contributed by atoms with E-state index in [0.29, 0.717) is 23.7 Å². The third-order valence-corrected chi connectivity index (χ3v) is 3.66. The Morgan fingerprint density at radius 1 is 1.08 bits per heavy atom. The number of aromatic nitrogens is 3. The molecule has 0 atom stereocenters. The molecule has 2 heterocycles. The highest BCUT2D eigenvalue weighted by Gasteiger charge is 2.08. The van der Waals surface area contributed by atoms with Crippen molar-refractivity contribution in [1.29, 1.82) is 0 Å². The Morgan fingerprint density at radius 2 is 1.92 bits per heavy atom. The molecule has 3 rings (SSSR count). The maximum Gasteiger partial charge on any atom is 0.258 e. The first-order valence-electron chi connectivity index (χ1n) is 7.22. The van der Waals surface area contributed by atoms with Crippen molar-refractivity contribution in [2.45, 2.75) is 6.54 Å². The summed E-state index contributed by atoms with van der Waals surface area (Å²) in [5.74, 6) is 0.199. The van der Waals surface area contributed by atoms with E-state index in [1.165, 1.54) is 12.4 Å². The Labute approximate surface area is 147 Å². The van der Waals surface area contributed by atoms with Gasteiger partial charge in [-0.2, -0.15) is 0 Å². The van der Waals surface area contributed by atoms with Crippen LogP contribution >= 0.6 is 15.9 Å². The first-order chi connectivity index (χ1) is 11.7. The standard InChI is InChI=1S/C17H14BrN5O/c18-14-4-1-5-15(7-14)23-16(24)13-10-21-17(22-11-13)20-9-12-3-2-6-19-8-12/h1-8,10-11H,9H2,(H,23,24)(H,20,21,22). The monoisotopic (exact) mass is 383 g/mol. The van der Waals surface area contributed by atoms with Crippen LogP contribution in [0.2, 0.25) is 0 Å². The van der Waals surface area contributed by atoms with Gasteiger partial charge in [0, 0.05) is 41.5 Å². The molecular weight excluding hydrogens is 370 g/mol. The van der Waals surface area contributed by atoms with Gasteiger partial charge in [0.15, 0.2) is 0 Å². The van der Waals surface area contributed by atoms with Crippen LogP contribution < -0.4 is 10.6 Å². The van der Waals surface area contributed by atoms with Crippen LogP contribution in [-0.2, 0) is 6.54 Å². The largest absolute Gasteiger partial charge is 0.350 e. The van der Waals surface area contributed by atoms with Gasteiger partial charge in [0.25, 0.3) is 5.91 Å². The van der Waals surface area contributed by atoms with E-state index in [0.717, 1.165) is 10.0 Å². The maximum atomic E-state index is 12.2. The van der Waals surface area contributed by atoms with Crippen LogP contribution in [0.4, 0.5) is 11.6 Å². The van der Waals surface area contributed by atoms with Crippen molar-refractivity contribution >= 4 is 33.5 Å². The second-order valence-electron chi connectivity index (χ2n) is 4.97. The molecule has 2 N–H and O–H groups in total. The number of amides is 1. The fourth-order valence-corrected chi connectivity index (χ4v) is 2.39. The summed E-state index contributed by atoms with van der Waals surface area (Å²) in [6.45, 7) is 0.567. The van der Waals surface area contributed by atoms with Gasteiger partial charge in [0.2, 0.25) is 5.95 Å². The Hall–Kier alpha value is -2.80. The summed E-state index contributed by atoms with van der Waals surface area (Å²) in [5.41, 5.74) is 2.12. The number of hydrogen-bond donors (Lipinski definition) is 2. The Kier molecular flexibility index (Phi) is 5.12. The molecule has 0 aliphatic carbocycles. The number of halogens is 1. The van der Waals surface area contributed by atoms with Crippen molar-refractivity contribution in [2.24, 2.45) is 0 Å². The minimum absolute atomic E-state index is 0.257. The van der Waals surface area contributed by atoms with Gasteiger partial charge in [-0.05, 0) is 29.8 Å². The van der Waals surface area contributed by atoms with Crippen molar-refractivity contribution in [3.63, 3.8) is 0 Å². The molecule has 7 heteroatoms. The van der Waals surface area contributed by atoms with Crippen molar-refractivity contribution in [3.8, 4) is 0 Å². The smallest absolute Gasteiger partial charge is 0.258 e. The number of pyridine rings is 1. The normalized spacial score (nSPS) is 10.2. The van der Waals surface area contributed by atoms with Crippen LogP contribution in [0.5, 0.6) is 0 Å². The van der Waals surface area contributed by atoms with Crippen LogP contribution in [0.15, 0.2) is 65.7 Å². The van der Waals surface area contributed by atoms with Crippen molar-refractivity contribution in [1.82, 2.24) is 15.0 Å². The molecule has 120 valence electrons. The fourth-order valence-electron chi connectivity index (χ4n) is 1.99. The summed E-state index contributed by atoms with van der Waals surface area (Å²) in [6, 6.07) is 11.2. The van der Waals surface area contributed by atoms with E-state index in [4.69, 9.17) is 0 Å². The molecule has 0 spiro atoms. The number of carbonyl (C=O) groups excluding carboxylic acids is 1. The summed E-state index contributed by atoms with van der Waals surface area (Å²) in [7, 11) is 0. The van der Waals surface area contributed by atoms with E-state index in [2.05, 4.69) is 41.5 Å². The van der Waals surface area contributed by atoms with Gasteiger partial charge < -0.3 is 10.6 Å². The third-order valence-electron chi connectivity index (χ3n) is 3.17. The van der Waals surface area contributed by atoms with E-state index >= 15 is 0 Å². The molecule has 6 nitrogen and oxygen atoms in total. The van der Waals surface area contributed by atoms with Crippen LogP contribution in [-0.4, -0.2) is 20.9 Å². The predicted octanol–water partition coefficient (Wildman–Crippen LogP) is 3.50. The zero-order valence-corrected chi connectivity index (χ0v) is 14.2. The molecule has 0 bridgehead atoms. The topological polar surface area (TPSA) is 79.8 Å². The van der Waals surface area contributed by atoms with E-state index < -0.39 is 0 Å². The summed E-state index contributed by atoms with van der Waals surface area (Å²) in [5, 5.41) is 5.88. The number of hydrogen-bond acceptors (Lipinski definition) is 5. The molecule has 3 aromatic rings. The van der Waals surface area contributed by atoms with Gasteiger partial charge in [-0.15, -0.1) is 0 Å². The summed E-state index contributed by atoms with van der Waals surface area (Å²) in [4.78, 5) is 24.5. The van der Waals surface area contributed by atoms with Gasteiger partial charge in [0.1, 0.15) is 0 Å². The lowest BCUT2D eigenvalue weighted by atomic mass is 10.3. The van der Waals surface area contributed by atoms with Gasteiger partial charge in [-0.3, -0.25) is 9.78 Å². The molecule has 24 heavy (non-hydrogen) atoms. The summed E-state index contributed by atoms with van der Waals surface area (Å²) in [6.07, 6.45) is 6.48. The lowest BCUT2D eigenvalue weighted by Gasteiger charge is -2.07. The lowest BCUT2D eigenvalue weighted by Crippen LogP contribution is -2.13. The lowest BCUT2D eigenvalue weighted by molar-refractivity contribution is 0.102. The van der Waals surface area contributed by atoms with E-state index in [-0.39, 0.29) is 5.91 Å². The van der Waals surface area contributed by atoms with Gasteiger partial charge in [0.05, 0.1) is 5.56 Å². The summed E-state index contributed by atoms with van der Waals surface area (Å²) < 4.78 is 0.895. The summed E-state index contributed by atoms with van der Waals surface area (Å²) >= 11 is 3.37. The first-order valence-corrected chi connectivity index (χ1v) is 8.02. The zero-order chi connectivity index (χ0) is 16.8. The number of carbonyl (C=O) groups is 1. The molecule has 0 aliphatic heterocycles. The highest BCUT2D eigenvalue weighted by molar-refractivity contribution is 9.10. The maximum absolute atomic E-state index is 12.2. The molecule has 2 aromatic heterocycles.